The highest BCUT2D eigenvalue weighted by Crippen LogP contribution is 2.26. The van der Waals surface area contributed by atoms with Gasteiger partial charge in [-0.25, -0.2) is 4.98 Å². The maximum Gasteiger partial charge on any atom is 0.313 e. The fraction of sp³-hybridized carbons (Fsp3) is 0.154. The van der Waals surface area contributed by atoms with Crippen LogP contribution in [0.1, 0.15) is 0 Å². The van der Waals surface area contributed by atoms with E-state index in [1.165, 1.54) is 4.57 Å². The Balaban J connectivity index is 2.27. The van der Waals surface area contributed by atoms with E-state index in [1.54, 1.807) is 13.1 Å². The van der Waals surface area contributed by atoms with Crippen molar-refractivity contribution in [2.45, 2.75) is 5.16 Å². The van der Waals surface area contributed by atoms with Crippen LogP contribution in [0.4, 0.5) is 0 Å². The number of thioether (sulfide) groups is 1. The van der Waals surface area contributed by atoms with Gasteiger partial charge in [-0.05, 0) is 12.1 Å². The van der Waals surface area contributed by atoms with E-state index in [1.807, 2.05) is 18.2 Å². The Morgan fingerprint density at radius 2 is 2.20 bits per heavy atom. The molecule has 0 amide bonds. The summed E-state index contributed by atoms with van der Waals surface area (Å²) in [6.45, 7) is 0. The average Bonchev–Trinajstić information content (AvgIpc) is 2.80. The number of para-hydroxylation sites is 1. The standard InChI is InChI=1S/C13H10N2O4S/c1-15-12(18)11-10(14-13(15)20-6-9(16)17)7-4-2-3-5-8(7)19-11/h2-5H,6H2,1H3,(H,16,17). The minimum Gasteiger partial charge on any atom is -0.481 e. The second-order valence-corrected chi connectivity index (χ2v) is 5.16. The number of nitrogens with zero attached hydrogens (tertiary/aromatic N) is 2. The smallest absolute Gasteiger partial charge is 0.313 e. The van der Waals surface area contributed by atoms with Crippen molar-refractivity contribution in [1.82, 2.24) is 9.55 Å². The van der Waals surface area contributed by atoms with E-state index in [9.17, 15) is 9.59 Å². The lowest BCUT2D eigenvalue weighted by Gasteiger charge is -2.04. The first-order valence-electron chi connectivity index (χ1n) is 5.81. The molecule has 1 N–H and O–H groups in total. The number of carbonyl (C=O) groups is 1. The summed E-state index contributed by atoms with van der Waals surface area (Å²) in [7, 11) is 1.55. The Hall–Kier alpha value is -2.28. The van der Waals surface area contributed by atoms with Crippen molar-refractivity contribution in [3.05, 3.63) is 34.6 Å². The molecule has 0 spiro atoms. The first-order chi connectivity index (χ1) is 9.58. The van der Waals surface area contributed by atoms with Gasteiger partial charge in [-0.1, -0.05) is 23.9 Å². The van der Waals surface area contributed by atoms with Crippen molar-refractivity contribution in [3.8, 4) is 0 Å². The molecule has 3 aromatic rings. The van der Waals surface area contributed by atoms with Crippen LogP contribution >= 0.6 is 11.8 Å². The Kier molecular flexibility index (Phi) is 2.98. The van der Waals surface area contributed by atoms with Crippen LogP contribution in [0, 0.1) is 0 Å². The highest BCUT2D eigenvalue weighted by atomic mass is 32.2. The van der Waals surface area contributed by atoms with Crippen molar-refractivity contribution < 1.29 is 14.3 Å². The van der Waals surface area contributed by atoms with E-state index < -0.39 is 5.97 Å². The van der Waals surface area contributed by atoms with Crippen molar-refractivity contribution in [2.24, 2.45) is 7.05 Å². The first-order valence-corrected chi connectivity index (χ1v) is 6.79. The summed E-state index contributed by atoms with van der Waals surface area (Å²) < 4.78 is 6.83. The lowest BCUT2D eigenvalue weighted by atomic mass is 10.2. The van der Waals surface area contributed by atoms with Crippen molar-refractivity contribution in [1.29, 1.82) is 0 Å². The SMILES string of the molecule is Cn1c(SCC(=O)O)nc2c(oc3ccccc32)c1=O. The minimum atomic E-state index is -0.957. The maximum absolute atomic E-state index is 12.2. The normalized spacial score (nSPS) is 11.2. The number of benzene rings is 1. The third kappa shape index (κ3) is 1.96. The van der Waals surface area contributed by atoms with Crippen LogP contribution in [-0.4, -0.2) is 26.4 Å². The number of carboxylic acid groups (broad SMARTS) is 1. The molecule has 2 heterocycles. The summed E-state index contributed by atoms with van der Waals surface area (Å²) in [6.07, 6.45) is 0. The van der Waals surface area contributed by atoms with Gasteiger partial charge in [0.1, 0.15) is 11.1 Å². The van der Waals surface area contributed by atoms with Gasteiger partial charge in [-0.2, -0.15) is 0 Å². The molecule has 0 unspecified atom stereocenters. The van der Waals surface area contributed by atoms with Crippen LogP contribution in [0.15, 0.2) is 38.6 Å². The molecule has 0 bridgehead atoms. The Morgan fingerprint density at radius 1 is 1.45 bits per heavy atom. The fourth-order valence-corrected chi connectivity index (χ4v) is 2.64. The van der Waals surface area contributed by atoms with Crippen LogP contribution in [0.2, 0.25) is 0 Å². The molecule has 0 aliphatic carbocycles. The molecule has 102 valence electrons. The molecule has 7 heteroatoms. The lowest BCUT2D eigenvalue weighted by molar-refractivity contribution is -0.133. The number of hydrogen-bond acceptors (Lipinski definition) is 5. The lowest BCUT2D eigenvalue weighted by Crippen LogP contribution is -2.19. The molecule has 0 aliphatic heterocycles. The molecule has 0 fully saturated rings. The summed E-state index contributed by atoms with van der Waals surface area (Å²) in [5.74, 6) is -1.11. The van der Waals surface area contributed by atoms with Crippen LogP contribution < -0.4 is 5.56 Å². The van der Waals surface area contributed by atoms with Gasteiger partial charge in [0.2, 0.25) is 5.58 Å². The van der Waals surface area contributed by atoms with Crippen molar-refractivity contribution in [3.63, 3.8) is 0 Å². The molecule has 2 aromatic heterocycles. The molecule has 0 aliphatic rings. The minimum absolute atomic E-state index is 0.151. The molecule has 1 aromatic carbocycles. The third-order valence-corrected chi connectivity index (χ3v) is 3.90. The average molecular weight is 290 g/mol. The Labute approximate surface area is 117 Å². The molecular formula is C13H10N2O4S. The predicted octanol–water partition coefficient (Wildman–Crippen LogP) is 1.86. The molecule has 0 saturated carbocycles. The topological polar surface area (TPSA) is 85.3 Å². The number of aromatic nitrogens is 2. The number of furan rings is 1. The second kappa shape index (κ2) is 4.68. The molecule has 3 rings (SSSR count). The molecule has 20 heavy (non-hydrogen) atoms. The zero-order valence-electron chi connectivity index (χ0n) is 10.5. The molecule has 0 radical (unpaired) electrons. The zero-order chi connectivity index (χ0) is 14.3. The van der Waals surface area contributed by atoms with Gasteiger partial charge in [0.05, 0.1) is 5.75 Å². The number of rotatable bonds is 3. The van der Waals surface area contributed by atoms with Gasteiger partial charge >= 0.3 is 5.97 Å². The van der Waals surface area contributed by atoms with Crippen LogP contribution in [0.3, 0.4) is 0 Å². The Bertz CT molecular complexity index is 881. The molecular weight excluding hydrogens is 280 g/mol. The fourth-order valence-electron chi connectivity index (χ4n) is 1.95. The van der Waals surface area contributed by atoms with Crippen molar-refractivity contribution in [2.75, 3.05) is 5.75 Å². The van der Waals surface area contributed by atoms with Gasteiger partial charge in [0, 0.05) is 12.4 Å². The van der Waals surface area contributed by atoms with E-state index in [-0.39, 0.29) is 16.9 Å². The summed E-state index contributed by atoms with van der Waals surface area (Å²) >= 11 is 1.01. The van der Waals surface area contributed by atoms with Gasteiger partial charge in [-0.3, -0.25) is 14.2 Å². The first kappa shape index (κ1) is 12.7. The molecule has 6 nitrogen and oxygen atoms in total. The highest BCUT2D eigenvalue weighted by Gasteiger charge is 2.16. The Morgan fingerprint density at radius 3 is 2.95 bits per heavy atom. The highest BCUT2D eigenvalue weighted by molar-refractivity contribution is 7.99. The van der Waals surface area contributed by atoms with Gasteiger partial charge in [-0.15, -0.1) is 0 Å². The zero-order valence-corrected chi connectivity index (χ0v) is 11.3. The van der Waals surface area contributed by atoms with Crippen molar-refractivity contribution >= 4 is 39.8 Å². The monoisotopic (exact) mass is 290 g/mol. The van der Waals surface area contributed by atoms with Gasteiger partial charge in [0.15, 0.2) is 5.16 Å². The van der Waals surface area contributed by atoms with Gasteiger partial charge < -0.3 is 9.52 Å². The van der Waals surface area contributed by atoms with Crippen LogP contribution in [-0.2, 0) is 11.8 Å². The number of hydrogen-bond donors (Lipinski definition) is 1. The summed E-state index contributed by atoms with van der Waals surface area (Å²) in [5, 5.41) is 9.83. The van der Waals surface area contributed by atoms with E-state index in [0.717, 1.165) is 17.1 Å². The van der Waals surface area contributed by atoms with E-state index in [2.05, 4.69) is 4.98 Å². The summed E-state index contributed by atoms with van der Waals surface area (Å²) in [6, 6.07) is 7.23. The van der Waals surface area contributed by atoms with Crippen LogP contribution in [0.5, 0.6) is 0 Å². The van der Waals surface area contributed by atoms with E-state index in [4.69, 9.17) is 9.52 Å². The third-order valence-electron chi connectivity index (χ3n) is 2.89. The molecule has 0 atom stereocenters. The second-order valence-electron chi connectivity index (χ2n) is 4.22. The number of aliphatic carboxylic acids is 1. The maximum atomic E-state index is 12.2. The number of carboxylic acids is 1. The van der Waals surface area contributed by atoms with Gasteiger partial charge in [0.25, 0.3) is 5.56 Å². The quantitative estimate of drug-likeness (QED) is 0.585. The predicted molar refractivity (Wildman–Crippen MR) is 75.1 cm³/mol. The largest absolute Gasteiger partial charge is 0.481 e. The summed E-state index contributed by atoms with van der Waals surface area (Å²) in [5.41, 5.74) is 0.927. The molecule has 0 saturated heterocycles. The van der Waals surface area contributed by atoms with E-state index >= 15 is 0 Å². The number of fused-ring (bicyclic) bond motifs is 3. The summed E-state index contributed by atoms with van der Waals surface area (Å²) in [4.78, 5) is 27.2. The van der Waals surface area contributed by atoms with Crippen LogP contribution in [0.25, 0.3) is 22.1 Å². The van der Waals surface area contributed by atoms with E-state index in [0.29, 0.717) is 16.3 Å².